The van der Waals surface area contributed by atoms with E-state index in [1.54, 1.807) is 0 Å². The van der Waals surface area contributed by atoms with E-state index in [4.69, 9.17) is 0 Å². The predicted molar refractivity (Wildman–Crippen MR) is 95.2 cm³/mol. The quantitative estimate of drug-likeness (QED) is 0.621. The molecular formula is C19H16F2N2O4. The Kier molecular flexibility index (Phi) is 6.37. The number of nitrogens with one attached hydrogen (secondary N) is 2. The van der Waals surface area contributed by atoms with Crippen LogP contribution in [0.3, 0.4) is 0 Å². The van der Waals surface area contributed by atoms with Crippen LogP contribution >= 0.6 is 0 Å². The van der Waals surface area contributed by atoms with E-state index in [0.29, 0.717) is 11.3 Å². The molecule has 0 unspecified atom stereocenters. The summed E-state index contributed by atoms with van der Waals surface area (Å²) in [5.41, 5.74) is 0.127. The van der Waals surface area contributed by atoms with Crippen molar-refractivity contribution in [3.8, 4) is 0 Å². The summed E-state index contributed by atoms with van der Waals surface area (Å²) in [4.78, 5) is 35.4. The van der Waals surface area contributed by atoms with Gasteiger partial charge in [0.25, 0.3) is 5.91 Å². The molecule has 0 radical (unpaired) electrons. The molecule has 0 bridgehead atoms. The Hall–Kier alpha value is -3.55. The zero-order valence-electron chi connectivity index (χ0n) is 14.5. The Bertz CT molecular complexity index is 888. The molecular weight excluding hydrogens is 358 g/mol. The van der Waals surface area contributed by atoms with Crippen molar-refractivity contribution < 1.29 is 27.9 Å². The van der Waals surface area contributed by atoms with Gasteiger partial charge >= 0.3 is 5.97 Å². The van der Waals surface area contributed by atoms with Gasteiger partial charge < -0.3 is 15.4 Å². The second-order valence-electron chi connectivity index (χ2n) is 5.44. The Labute approximate surface area is 153 Å². The summed E-state index contributed by atoms with van der Waals surface area (Å²) in [5.74, 6) is -3.81. The van der Waals surface area contributed by atoms with Crippen molar-refractivity contribution in [2.75, 3.05) is 17.7 Å². The number of anilines is 2. The standard InChI is InChI=1S/C19H16F2N2O4/c1-11(10-16(24)23-17-14(20)4-3-5-15(17)21)18(25)22-13-8-6-12(7-9-13)19(26)27-2/h3-10H,1-2H3,(H,22,25)(H,23,24)/b11-10+. The second-order valence-corrected chi connectivity index (χ2v) is 5.44. The molecule has 2 aromatic carbocycles. The van der Waals surface area contributed by atoms with Crippen LogP contribution in [0.15, 0.2) is 54.1 Å². The van der Waals surface area contributed by atoms with Gasteiger partial charge in [-0.25, -0.2) is 13.6 Å². The van der Waals surface area contributed by atoms with Crippen LogP contribution in [0.25, 0.3) is 0 Å². The number of esters is 1. The maximum Gasteiger partial charge on any atom is 0.337 e. The first-order valence-corrected chi connectivity index (χ1v) is 7.75. The minimum absolute atomic E-state index is 0.0151. The molecule has 2 N–H and O–H groups in total. The summed E-state index contributed by atoms with van der Waals surface area (Å²) in [5, 5.41) is 4.59. The van der Waals surface area contributed by atoms with Crippen molar-refractivity contribution in [1.82, 2.24) is 0 Å². The molecule has 2 rings (SSSR count). The van der Waals surface area contributed by atoms with E-state index in [9.17, 15) is 23.2 Å². The topological polar surface area (TPSA) is 84.5 Å². The van der Waals surface area contributed by atoms with E-state index in [0.717, 1.165) is 18.2 Å². The number of methoxy groups -OCH3 is 1. The van der Waals surface area contributed by atoms with Crippen LogP contribution in [0.4, 0.5) is 20.2 Å². The van der Waals surface area contributed by atoms with E-state index in [1.807, 2.05) is 0 Å². The van der Waals surface area contributed by atoms with Gasteiger partial charge in [-0.15, -0.1) is 0 Å². The maximum absolute atomic E-state index is 13.5. The number of ether oxygens (including phenoxy) is 1. The van der Waals surface area contributed by atoms with Crippen LogP contribution in [0.1, 0.15) is 17.3 Å². The van der Waals surface area contributed by atoms with Crippen LogP contribution in [0, 0.1) is 11.6 Å². The normalized spacial score (nSPS) is 10.9. The fraction of sp³-hybridized carbons (Fsp3) is 0.105. The lowest BCUT2D eigenvalue weighted by Gasteiger charge is -2.08. The van der Waals surface area contributed by atoms with Crippen molar-refractivity contribution in [1.29, 1.82) is 0 Å². The number of carbonyl (C=O) groups is 3. The predicted octanol–water partition coefficient (Wildman–Crippen LogP) is 3.27. The Balaban J connectivity index is 2.03. The maximum atomic E-state index is 13.5. The lowest BCUT2D eigenvalue weighted by molar-refractivity contribution is -0.114. The fourth-order valence-electron chi connectivity index (χ4n) is 2.08. The van der Waals surface area contributed by atoms with Crippen molar-refractivity contribution in [2.45, 2.75) is 6.92 Å². The molecule has 0 aliphatic carbocycles. The number of carbonyl (C=O) groups excluding carboxylic acids is 3. The van der Waals surface area contributed by atoms with Gasteiger partial charge in [0, 0.05) is 17.3 Å². The number of para-hydroxylation sites is 1. The largest absolute Gasteiger partial charge is 0.465 e. The lowest BCUT2D eigenvalue weighted by Crippen LogP contribution is -2.17. The Morgan fingerprint density at radius 2 is 1.56 bits per heavy atom. The van der Waals surface area contributed by atoms with Crippen LogP contribution in [-0.2, 0) is 14.3 Å². The van der Waals surface area contributed by atoms with Crippen molar-refractivity contribution in [2.24, 2.45) is 0 Å². The van der Waals surface area contributed by atoms with Crippen molar-refractivity contribution >= 4 is 29.2 Å². The van der Waals surface area contributed by atoms with Gasteiger partial charge in [-0.3, -0.25) is 9.59 Å². The summed E-state index contributed by atoms with van der Waals surface area (Å²) < 4.78 is 31.6. The molecule has 0 aliphatic rings. The van der Waals surface area contributed by atoms with Gasteiger partial charge in [-0.05, 0) is 43.3 Å². The molecule has 0 saturated carbocycles. The van der Waals surface area contributed by atoms with E-state index < -0.39 is 35.1 Å². The van der Waals surface area contributed by atoms with E-state index in [1.165, 1.54) is 44.4 Å². The number of amides is 2. The molecule has 0 atom stereocenters. The first-order chi connectivity index (χ1) is 12.8. The zero-order valence-corrected chi connectivity index (χ0v) is 14.5. The average molecular weight is 374 g/mol. The smallest absolute Gasteiger partial charge is 0.337 e. The highest BCUT2D eigenvalue weighted by Crippen LogP contribution is 2.18. The average Bonchev–Trinajstić information content (AvgIpc) is 2.64. The molecule has 0 aromatic heterocycles. The monoisotopic (exact) mass is 374 g/mol. The van der Waals surface area contributed by atoms with Gasteiger partial charge in [0.1, 0.15) is 17.3 Å². The SMILES string of the molecule is COC(=O)c1ccc(NC(=O)/C(C)=C/C(=O)Nc2c(F)cccc2F)cc1. The van der Waals surface area contributed by atoms with E-state index >= 15 is 0 Å². The van der Waals surface area contributed by atoms with Gasteiger partial charge in [0.05, 0.1) is 12.7 Å². The van der Waals surface area contributed by atoms with E-state index in [-0.39, 0.29) is 5.57 Å². The molecule has 8 heteroatoms. The van der Waals surface area contributed by atoms with Gasteiger partial charge in [-0.1, -0.05) is 6.07 Å². The first kappa shape index (κ1) is 19.8. The third kappa shape index (κ3) is 5.21. The highest BCUT2D eigenvalue weighted by Gasteiger charge is 2.13. The molecule has 0 fully saturated rings. The number of benzene rings is 2. The zero-order chi connectivity index (χ0) is 20.0. The van der Waals surface area contributed by atoms with Gasteiger partial charge in [-0.2, -0.15) is 0 Å². The molecule has 0 spiro atoms. The first-order valence-electron chi connectivity index (χ1n) is 7.75. The summed E-state index contributed by atoms with van der Waals surface area (Å²) in [6.45, 7) is 1.37. The third-order valence-electron chi connectivity index (χ3n) is 3.48. The molecule has 2 amide bonds. The number of halogens is 2. The number of hydrogen-bond acceptors (Lipinski definition) is 4. The van der Waals surface area contributed by atoms with E-state index in [2.05, 4.69) is 15.4 Å². The number of hydrogen-bond donors (Lipinski definition) is 2. The van der Waals surface area contributed by atoms with Crippen LogP contribution in [0.5, 0.6) is 0 Å². The van der Waals surface area contributed by atoms with Crippen LogP contribution in [-0.4, -0.2) is 24.9 Å². The van der Waals surface area contributed by atoms with Crippen LogP contribution in [0.2, 0.25) is 0 Å². The molecule has 2 aromatic rings. The Morgan fingerprint density at radius 1 is 0.963 bits per heavy atom. The minimum atomic E-state index is -0.926. The summed E-state index contributed by atoms with van der Waals surface area (Å²) in [7, 11) is 1.25. The molecule has 6 nitrogen and oxygen atoms in total. The summed E-state index contributed by atoms with van der Waals surface area (Å²) in [6.07, 6.45) is 0.921. The molecule has 0 saturated heterocycles. The minimum Gasteiger partial charge on any atom is -0.465 e. The van der Waals surface area contributed by atoms with Gasteiger partial charge in [0.15, 0.2) is 0 Å². The highest BCUT2D eigenvalue weighted by molar-refractivity contribution is 6.10. The Morgan fingerprint density at radius 3 is 2.11 bits per heavy atom. The van der Waals surface area contributed by atoms with Gasteiger partial charge in [0.2, 0.25) is 5.91 Å². The molecule has 0 aliphatic heterocycles. The highest BCUT2D eigenvalue weighted by atomic mass is 19.1. The van der Waals surface area contributed by atoms with Crippen LogP contribution < -0.4 is 10.6 Å². The van der Waals surface area contributed by atoms with Crippen molar-refractivity contribution in [3.63, 3.8) is 0 Å². The molecule has 140 valence electrons. The fourth-order valence-corrected chi connectivity index (χ4v) is 2.08. The summed E-state index contributed by atoms with van der Waals surface area (Å²) in [6, 6.07) is 9.08. The second kappa shape index (κ2) is 8.70. The van der Waals surface area contributed by atoms with Crippen molar-refractivity contribution in [3.05, 3.63) is 71.3 Å². The lowest BCUT2D eigenvalue weighted by atomic mass is 10.2. The molecule has 27 heavy (non-hydrogen) atoms. The molecule has 0 heterocycles. The number of rotatable bonds is 5. The summed E-state index contributed by atoms with van der Waals surface area (Å²) >= 11 is 0. The third-order valence-corrected chi connectivity index (χ3v) is 3.48.